The van der Waals surface area contributed by atoms with Gasteiger partial charge in [0.05, 0.1) is 10.8 Å². The van der Waals surface area contributed by atoms with Crippen LogP contribution in [0.2, 0.25) is 0 Å². The van der Waals surface area contributed by atoms with Gasteiger partial charge in [-0.1, -0.05) is 18.2 Å². The van der Waals surface area contributed by atoms with E-state index in [1.54, 1.807) is 54.5 Å². The van der Waals surface area contributed by atoms with E-state index in [0.717, 1.165) is 5.56 Å². The Labute approximate surface area is 199 Å². The third-order valence-corrected chi connectivity index (χ3v) is 8.12. The van der Waals surface area contributed by atoms with E-state index >= 15 is 0 Å². The molecule has 0 spiro atoms. The Bertz CT molecular complexity index is 1020. The predicted octanol–water partition coefficient (Wildman–Crippen LogP) is 2.04. The van der Waals surface area contributed by atoms with E-state index in [2.05, 4.69) is 15.6 Å². The molecule has 2 aromatic rings. The van der Waals surface area contributed by atoms with Crippen LogP contribution in [0.1, 0.15) is 24.8 Å². The van der Waals surface area contributed by atoms with Crippen LogP contribution in [0.4, 0.5) is 0 Å². The third kappa shape index (κ3) is 7.02. The van der Waals surface area contributed by atoms with Gasteiger partial charge in [-0.2, -0.15) is 16.1 Å². The van der Waals surface area contributed by atoms with Gasteiger partial charge in [0.25, 0.3) is 0 Å². The van der Waals surface area contributed by atoms with Crippen molar-refractivity contribution in [1.82, 2.24) is 19.9 Å². The highest BCUT2D eigenvalue weighted by Crippen LogP contribution is 2.24. The maximum atomic E-state index is 13.0. The summed E-state index contributed by atoms with van der Waals surface area (Å²) < 4.78 is 27.3. The molecule has 1 unspecified atom stereocenters. The second kappa shape index (κ2) is 12.2. The van der Waals surface area contributed by atoms with E-state index in [0.29, 0.717) is 38.1 Å². The van der Waals surface area contributed by atoms with E-state index in [9.17, 15) is 18.0 Å². The fourth-order valence-electron chi connectivity index (χ4n) is 3.72. The number of thioether (sulfide) groups is 1. The summed E-state index contributed by atoms with van der Waals surface area (Å²) >= 11 is 1.60. The first-order valence-electron chi connectivity index (χ1n) is 10.9. The van der Waals surface area contributed by atoms with Crippen LogP contribution in [0.25, 0.3) is 0 Å². The van der Waals surface area contributed by atoms with Crippen LogP contribution in [-0.2, 0) is 26.2 Å². The van der Waals surface area contributed by atoms with Crippen LogP contribution >= 0.6 is 11.8 Å². The highest BCUT2D eigenvalue weighted by atomic mass is 32.2. The van der Waals surface area contributed by atoms with E-state index in [1.807, 2.05) is 18.4 Å². The van der Waals surface area contributed by atoms with Crippen molar-refractivity contribution < 1.29 is 18.0 Å². The number of nitrogens with zero attached hydrogens (tertiary/aromatic N) is 2. The lowest BCUT2D eigenvalue weighted by molar-refractivity contribution is -0.132. The zero-order valence-electron chi connectivity index (χ0n) is 18.6. The molecule has 3 rings (SSSR count). The number of sulfonamides is 1. The van der Waals surface area contributed by atoms with Gasteiger partial charge < -0.3 is 10.6 Å². The predicted molar refractivity (Wildman–Crippen MR) is 129 cm³/mol. The second-order valence-electron chi connectivity index (χ2n) is 7.93. The molecule has 0 radical (unpaired) electrons. The standard InChI is InChI=1S/C23H30N4O4S2/c1-32-15-11-21(23(29)25-16-18-9-12-24-13-10-18)26-22(28)19-6-5-14-27(17-19)33(30,31)20-7-3-2-4-8-20/h2-4,7-10,12-13,19,21H,5-6,11,14-17H2,1H3,(H,25,29)(H,26,28)/t19?,21-/m0/s1. The fourth-order valence-corrected chi connectivity index (χ4v) is 5.74. The number of carbonyl (C=O) groups is 2. The summed E-state index contributed by atoms with van der Waals surface area (Å²) in [6.45, 7) is 0.833. The Morgan fingerprint density at radius 3 is 2.61 bits per heavy atom. The molecule has 1 aliphatic heterocycles. The quantitative estimate of drug-likeness (QED) is 0.528. The van der Waals surface area contributed by atoms with Gasteiger partial charge in [-0.05, 0) is 61.1 Å². The smallest absolute Gasteiger partial charge is 0.243 e. The maximum absolute atomic E-state index is 13.0. The normalized spacial score (nSPS) is 17.8. The van der Waals surface area contributed by atoms with Gasteiger partial charge in [0.2, 0.25) is 21.8 Å². The number of nitrogens with one attached hydrogen (secondary N) is 2. The van der Waals surface area contributed by atoms with Crippen molar-refractivity contribution in [3.8, 4) is 0 Å². The van der Waals surface area contributed by atoms with Gasteiger partial charge >= 0.3 is 0 Å². The molecule has 1 aromatic carbocycles. The zero-order valence-corrected chi connectivity index (χ0v) is 20.3. The third-order valence-electron chi connectivity index (χ3n) is 5.60. The van der Waals surface area contributed by atoms with Gasteiger partial charge in [0.1, 0.15) is 6.04 Å². The van der Waals surface area contributed by atoms with Crippen LogP contribution in [-0.4, -0.2) is 60.7 Å². The fraction of sp³-hybridized carbons (Fsp3) is 0.435. The number of amides is 2. The van der Waals surface area contributed by atoms with E-state index in [-0.39, 0.29) is 23.3 Å². The summed E-state index contributed by atoms with van der Waals surface area (Å²) in [6, 6.07) is 11.2. The Kier molecular flexibility index (Phi) is 9.28. The minimum atomic E-state index is -3.66. The Morgan fingerprint density at radius 2 is 1.91 bits per heavy atom. The first kappa shape index (κ1) is 25.2. The molecule has 2 atom stereocenters. The van der Waals surface area contributed by atoms with Crippen molar-refractivity contribution in [2.45, 2.75) is 36.7 Å². The van der Waals surface area contributed by atoms with Crippen LogP contribution in [0.3, 0.4) is 0 Å². The minimum absolute atomic E-state index is 0.108. The lowest BCUT2D eigenvalue weighted by Gasteiger charge is -2.32. The molecule has 2 heterocycles. The number of benzene rings is 1. The van der Waals surface area contributed by atoms with Crippen molar-refractivity contribution in [2.75, 3.05) is 25.1 Å². The minimum Gasteiger partial charge on any atom is -0.350 e. The maximum Gasteiger partial charge on any atom is 0.243 e. The summed E-state index contributed by atoms with van der Waals surface area (Å²) in [5.74, 6) is -0.318. The summed E-state index contributed by atoms with van der Waals surface area (Å²) in [7, 11) is -3.66. The van der Waals surface area contributed by atoms with Crippen molar-refractivity contribution >= 4 is 33.6 Å². The molecule has 1 aromatic heterocycles. The highest BCUT2D eigenvalue weighted by Gasteiger charge is 2.34. The van der Waals surface area contributed by atoms with Crippen molar-refractivity contribution in [3.63, 3.8) is 0 Å². The van der Waals surface area contributed by atoms with Crippen molar-refractivity contribution in [3.05, 3.63) is 60.4 Å². The molecule has 0 bridgehead atoms. The van der Waals surface area contributed by atoms with Crippen LogP contribution in [0.5, 0.6) is 0 Å². The largest absolute Gasteiger partial charge is 0.350 e. The Hall–Kier alpha value is -2.43. The SMILES string of the molecule is CSCC[C@H](NC(=O)C1CCCN(S(=O)(=O)c2ccccc2)C1)C(=O)NCc1ccncc1. The molecule has 2 amide bonds. The molecule has 2 N–H and O–H groups in total. The highest BCUT2D eigenvalue weighted by molar-refractivity contribution is 7.98. The number of hydrogen-bond donors (Lipinski definition) is 2. The lowest BCUT2D eigenvalue weighted by Crippen LogP contribution is -2.51. The number of hydrogen-bond acceptors (Lipinski definition) is 6. The van der Waals surface area contributed by atoms with Crippen molar-refractivity contribution in [2.24, 2.45) is 5.92 Å². The van der Waals surface area contributed by atoms with Crippen molar-refractivity contribution in [1.29, 1.82) is 0 Å². The van der Waals surface area contributed by atoms with Gasteiger partial charge in [-0.3, -0.25) is 14.6 Å². The Balaban J connectivity index is 1.62. The van der Waals surface area contributed by atoms with Gasteiger partial charge in [-0.15, -0.1) is 0 Å². The molecule has 0 aliphatic carbocycles. The monoisotopic (exact) mass is 490 g/mol. The van der Waals surface area contributed by atoms with Gasteiger partial charge in [0.15, 0.2) is 0 Å². The van der Waals surface area contributed by atoms with E-state index in [4.69, 9.17) is 0 Å². The first-order valence-corrected chi connectivity index (χ1v) is 13.8. The molecule has 1 fully saturated rings. The number of rotatable bonds is 10. The van der Waals surface area contributed by atoms with Gasteiger partial charge in [-0.25, -0.2) is 8.42 Å². The van der Waals surface area contributed by atoms with E-state index < -0.39 is 22.0 Å². The topological polar surface area (TPSA) is 108 Å². The first-order chi connectivity index (χ1) is 15.9. The number of aromatic nitrogens is 1. The van der Waals surface area contributed by atoms with E-state index in [1.165, 1.54) is 4.31 Å². The average Bonchev–Trinajstić information content (AvgIpc) is 2.86. The van der Waals surface area contributed by atoms with Gasteiger partial charge in [0, 0.05) is 32.0 Å². The number of pyridine rings is 1. The molecule has 8 nitrogen and oxygen atoms in total. The van der Waals surface area contributed by atoms with Crippen LogP contribution < -0.4 is 10.6 Å². The summed E-state index contributed by atoms with van der Waals surface area (Å²) in [5.41, 5.74) is 0.919. The summed E-state index contributed by atoms with van der Waals surface area (Å²) in [6.07, 6.45) is 6.93. The molecule has 0 saturated carbocycles. The molecular weight excluding hydrogens is 460 g/mol. The summed E-state index contributed by atoms with van der Waals surface area (Å²) in [5, 5.41) is 5.74. The zero-order chi connectivity index (χ0) is 23.7. The van der Waals surface area contributed by atoms with Crippen LogP contribution in [0.15, 0.2) is 59.8 Å². The summed E-state index contributed by atoms with van der Waals surface area (Å²) in [4.78, 5) is 30.0. The second-order valence-corrected chi connectivity index (χ2v) is 10.9. The average molecular weight is 491 g/mol. The van der Waals surface area contributed by atoms with Crippen LogP contribution in [0, 0.1) is 5.92 Å². The molecule has 1 aliphatic rings. The molecule has 10 heteroatoms. The molecular formula is C23H30N4O4S2. The number of piperidine rings is 1. The Morgan fingerprint density at radius 1 is 1.18 bits per heavy atom. The molecule has 33 heavy (non-hydrogen) atoms. The lowest BCUT2D eigenvalue weighted by atomic mass is 9.98. The molecule has 178 valence electrons. The number of carbonyl (C=O) groups excluding carboxylic acids is 2. The molecule has 1 saturated heterocycles.